The van der Waals surface area contributed by atoms with E-state index in [-0.39, 0.29) is 22.8 Å². The van der Waals surface area contributed by atoms with Crippen molar-refractivity contribution in [3.8, 4) is 11.5 Å². The second-order valence-electron chi connectivity index (χ2n) is 7.34. The fourth-order valence-corrected chi connectivity index (χ4v) is 3.21. The highest BCUT2D eigenvalue weighted by molar-refractivity contribution is 6.04. The highest BCUT2D eigenvalue weighted by atomic mass is 19.4. The Kier molecular flexibility index (Phi) is 5.72. The molecule has 0 fully saturated rings. The molecule has 0 unspecified atom stereocenters. The van der Waals surface area contributed by atoms with Crippen LogP contribution in [0.15, 0.2) is 66.9 Å². The van der Waals surface area contributed by atoms with Crippen molar-refractivity contribution in [1.29, 1.82) is 0 Å². The quantitative estimate of drug-likeness (QED) is 0.331. The van der Waals surface area contributed by atoms with Gasteiger partial charge in [0.1, 0.15) is 22.8 Å². The molecule has 0 saturated heterocycles. The van der Waals surface area contributed by atoms with Gasteiger partial charge in [-0.1, -0.05) is 6.07 Å². The Morgan fingerprint density at radius 2 is 1.44 bits per heavy atom. The molecule has 34 heavy (non-hydrogen) atoms. The molecule has 1 N–H and O–H groups in total. The van der Waals surface area contributed by atoms with Crippen LogP contribution in [0.25, 0.3) is 5.65 Å². The van der Waals surface area contributed by atoms with E-state index in [1.807, 2.05) is 0 Å². The van der Waals surface area contributed by atoms with E-state index in [4.69, 9.17) is 4.74 Å². The van der Waals surface area contributed by atoms with E-state index in [1.54, 1.807) is 13.0 Å². The number of hydrogen-bond acceptors (Lipinski definition) is 3. The maximum Gasteiger partial charge on any atom is 0.435 e. The molecule has 2 aromatic carbocycles. The number of halogens is 6. The van der Waals surface area contributed by atoms with Crippen molar-refractivity contribution in [2.45, 2.75) is 19.3 Å². The van der Waals surface area contributed by atoms with Crippen LogP contribution in [-0.4, -0.2) is 15.3 Å². The molecule has 0 aliphatic rings. The van der Waals surface area contributed by atoms with Gasteiger partial charge in [-0.15, -0.1) is 0 Å². The first kappa shape index (κ1) is 23.1. The van der Waals surface area contributed by atoms with Gasteiger partial charge in [0.25, 0.3) is 5.91 Å². The van der Waals surface area contributed by atoms with Crippen LogP contribution in [0.3, 0.4) is 0 Å². The number of nitrogens with one attached hydrogen (secondary N) is 1. The van der Waals surface area contributed by atoms with Gasteiger partial charge in [-0.2, -0.15) is 26.3 Å². The van der Waals surface area contributed by atoms with Gasteiger partial charge in [0.05, 0.1) is 5.56 Å². The number of pyridine rings is 1. The first-order chi connectivity index (χ1) is 15.9. The number of nitrogens with zero attached hydrogens (tertiary/aromatic N) is 2. The number of carbonyl (C=O) groups is 1. The summed E-state index contributed by atoms with van der Waals surface area (Å²) in [5.41, 5.74) is -1.99. The summed E-state index contributed by atoms with van der Waals surface area (Å²) in [7, 11) is 0. The predicted molar refractivity (Wildman–Crippen MR) is 111 cm³/mol. The molecule has 4 rings (SSSR count). The molecule has 11 heteroatoms. The number of fused-ring (bicyclic) bond motifs is 1. The molecule has 0 radical (unpaired) electrons. The minimum atomic E-state index is -4.84. The maximum absolute atomic E-state index is 13.5. The molecule has 5 nitrogen and oxygen atoms in total. The monoisotopic (exact) mass is 479 g/mol. The smallest absolute Gasteiger partial charge is 0.435 e. The van der Waals surface area contributed by atoms with Gasteiger partial charge in [0.2, 0.25) is 0 Å². The van der Waals surface area contributed by atoms with Crippen LogP contribution in [0.4, 0.5) is 32.0 Å². The van der Waals surface area contributed by atoms with E-state index in [9.17, 15) is 31.1 Å². The number of alkyl halides is 6. The normalized spacial score (nSPS) is 12.1. The van der Waals surface area contributed by atoms with Gasteiger partial charge in [-0.3, -0.25) is 9.20 Å². The minimum absolute atomic E-state index is 0.0247. The van der Waals surface area contributed by atoms with Gasteiger partial charge in [-0.05, 0) is 67.1 Å². The molecule has 0 aliphatic carbocycles. The fourth-order valence-electron chi connectivity index (χ4n) is 3.21. The van der Waals surface area contributed by atoms with E-state index in [0.29, 0.717) is 5.56 Å². The molecular weight excluding hydrogens is 464 g/mol. The Balaban J connectivity index is 1.54. The molecule has 0 atom stereocenters. The topological polar surface area (TPSA) is 55.6 Å². The number of imidazole rings is 1. The van der Waals surface area contributed by atoms with Crippen LogP contribution in [0, 0.1) is 6.92 Å². The zero-order chi connectivity index (χ0) is 24.7. The minimum Gasteiger partial charge on any atom is -0.457 e. The summed E-state index contributed by atoms with van der Waals surface area (Å²) in [5.74, 6) is -0.610. The number of aromatic nitrogens is 2. The first-order valence-corrected chi connectivity index (χ1v) is 9.74. The van der Waals surface area contributed by atoms with Crippen LogP contribution < -0.4 is 10.1 Å². The Bertz CT molecular complexity index is 1340. The van der Waals surface area contributed by atoms with E-state index in [1.165, 1.54) is 36.5 Å². The van der Waals surface area contributed by atoms with Crippen LogP contribution in [0.5, 0.6) is 11.5 Å². The van der Waals surface area contributed by atoms with Crippen LogP contribution in [-0.2, 0) is 12.4 Å². The van der Waals surface area contributed by atoms with Crippen LogP contribution in [0.1, 0.15) is 27.3 Å². The molecule has 1 amide bonds. The van der Waals surface area contributed by atoms with Crippen molar-refractivity contribution in [3.63, 3.8) is 0 Å². The number of ether oxygens (including phenoxy) is 1. The molecule has 176 valence electrons. The molecule has 2 heterocycles. The van der Waals surface area contributed by atoms with Crippen molar-refractivity contribution in [2.75, 3.05) is 5.32 Å². The summed E-state index contributed by atoms with van der Waals surface area (Å²) in [6.07, 6.45) is -7.93. The summed E-state index contributed by atoms with van der Waals surface area (Å²) < 4.78 is 85.0. The molecule has 4 aromatic rings. The molecule has 0 spiro atoms. The number of anilines is 1. The second-order valence-corrected chi connectivity index (χ2v) is 7.34. The first-order valence-electron chi connectivity index (χ1n) is 9.74. The van der Waals surface area contributed by atoms with E-state index in [2.05, 4.69) is 10.3 Å². The fraction of sp³-hybridized carbons (Fsp3) is 0.130. The lowest BCUT2D eigenvalue weighted by molar-refractivity contribution is -0.141. The standard InChI is InChI=1S/C23H15F6N3O2/c1-13-2-11-18-31-20(23(27,28)29)19(32(18)12-13)21(33)30-15-5-9-17(10-6-15)34-16-7-3-14(4-8-16)22(24,25)26/h2-12H,1H3,(H,30,33). The average Bonchev–Trinajstić information content (AvgIpc) is 3.14. The summed E-state index contributed by atoms with van der Waals surface area (Å²) in [5, 5.41) is 2.40. The SMILES string of the molecule is Cc1ccc2nc(C(F)(F)F)c(C(=O)Nc3ccc(Oc4ccc(C(F)(F)F)cc4)cc3)n2c1. The number of aryl methyl sites for hydroxylation is 1. The summed E-state index contributed by atoms with van der Waals surface area (Å²) in [6, 6.07) is 12.6. The average molecular weight is 479 g/mol. The third-order valence-corrected chi connectivity index (χ3v) is 4.78. The Hall–Kier alpha value is -4.02. The summed E-state index contributed by atoms with van der Waals surface area (Å²) in [4.78, 5) is 16.3. The number of amides is 1. The van der Waals surface area contributed by atoms with Crippen molar-refractivity contribution in [3.05, 3.63) is 89.4 Å². The molecule has 0 bridgehead atoms. The van der Waals surface area contributed by atoms with E-state index < -0.39 is 35.2 Å². The highest BCUT2D eigenvalue weighted by Crippen LogP contribution is 2.33. The van der Waals surface area contributed by atoms with Crippen LogP contribution >= 0.6 is 0 Å². The lowest BCUT2D eigenvalue weighted by Crippen LogP contribution is -2.20. The number of benzene rings is 2. The van der Waals surface area contributed by atoms with Crippen molar-refractivity contribution < 1.29 is 35.9 Å². The maximum atomic E-state index is 13.5. The summed E-state index contributed by atoms with van der Waals surface area (Å²) >= 11 is 0. The Morgan fingerprint density at radius 1 is 0.853 bits per heavy atom. The largest absolute Gasteiger partial charge is 0.457 e. The molecule has 0 saturated carbocycles. The number of rotatable bonds is 4. The van der Waals surface area contributed by atoms with Crippen molar-refractivity contribution >= 4 is 17.2 Å². The lowest BCUT2D eigenvalue weighted by Gasteiger charge is -2.11. The highest BCUT2D eigenvalue weighted by Gasteiger charge is 2.40. The zero-order valence-electron chi connectivity index (χ0n) is 17.3. The van der Waals surface area contributed by atoms with Gasteiger partial charge in [0.15, 0.2) is 5.69 Å². The number of hydrogen-bond donors (Lipinski definition) is 1. The van der Waals surface area contributed by atoms with Crippen molar-refractivity contribution in [1.82, 2.24) is 9.38 Å². The van der Waals surface area contributed by atoms with E-state index in [0.717, 1.165) is 28.7 Å². The summed E-state index contributed by atoms with van der Waals surface area (Å²) in [6.45, 7) is 1.67. The van der Waals surface area contributed by atoms with Crippen LogP contribution in [0.2, 0.25) is 0 Å². The Morgan fingerprint density at radius 3 is 2.00 bits per heavy atom. The lowest BCUT2D eigenvalue weighted by atomic mass is 10.2. The van der Waals surface area contributed by atoms with E-state index >= 15 is 0 Å². The van der Waals surface area contributed by atoms with Crippen molar-refractivity contribution in [2.24, 2.45) is 0 Å². The van der Waals surface area contributed by atoms with Gasteiger partial charge >= 0.3 is 12.4 Å². The third kappa shape index (κ3) is 4.82. The molecule has 0 aliphatic heterocycles. The van der Waals surface area contributed by atoms with Gasteiger partial charge < -0.3 is 10.1 Å². The second kappa shape index (κ2) is 8.40. The number of carbonyl (C=O) groups excluding carboxylic acids is 1. The predicted octanol–water partition coefficient (Wildman–Crippen LogP) is 6.72. The molecule has 2 aromatic heterocycles. The third-order valence-electron chi connectivity index (χ3n) is 4.78. The molecular formula is C23H15F6N3O2. The Labute approximate surface area is 188 Å². The zero-order valence-corrected chi connectivity index (χ0v) is 17.3. The van der Waals surface area contributed by atoms with Gasteiger partial charge in [-0.25, -0.2) is 4.98 Å². The van der Waals surface area contributed by atoms with Gasteiger partial charge in [0, 0.05) is 11.9 Å².